The van der Waals surface area contributed by atoms with Gasteiger partial charge in [0.1, 0.15) is 6.10 Å². The van der Waals surface area contributed by atoms with E-state index in [-0.39, 0.29) is 0 Å². The highest BCUT2D eigenvalue weighted by Gasteiger charge is 2.22. The van der Waals surface area contributed by atoms with E-state index in [4.69, 9.17) is 9.47 Å². The summed E-state index contributed by atoms with van der Waals surface area (Å²) >= 11 is 0. The Morgan fingerprint density at radius 3 is 3.08 bits per heavy atom. The fourth-order valence-corrected chi connectivity index (χ4v) is 1.27. The van der Waals surface area contributed by atoms with Gasteiger partial charge in [-0.25, -0.2) is 0 Å². The fourth-order valence-electron chi connectivity index (χ4n) is 1.27. The van der Waals surface area contributed by atoms with Crippen LogP contribution >= 0.6 is 0 Å². The Kier molecular flexibility index (Phi) is 2.62. The van der Waals surface area contributed by atoms with E-state index >= 15 is 0 Å². The van der Waals surface area contributed by atoms with Gasteiger partial charge in [0.2, 0.25) is 0 Å². The molecule has 0 saturated carbocycles. The molecule has 1 fully saturated rings. The standard InChI is InChI=1S/C11H14O2/c1-9-3-2-4-10(5-9)6-12-7-11-8-13-11/h2-5,11H,6-8H2,1H3/t11-/m0/s1. The van der Waals surface area contributed by atoms with Crippen LogP contribution in [0.25, 0.3) is 0 Å². The van der Waals surface area contributed by atoms with E-state index in [1.807, 2.05) is 0 Å². The van der Waals surface area contributed by atoms with Gasteiger partial charge in [-0.15, -0.1) is 0 Å². The first-order chi connectivity index (χ1) is 6.34. The van der Waals surface area contributed by atoms with Crippen molar-refractivity contribution in [2.24, 2.45) is 0 Å². The molecule has 0 unspecified atom stereocenters. The van der Waals surface area contributed by atoms with Gasteiger partial charge < -0.3 is 9.47 Å². The predicted molar refractivity (Wildman–Crippen MR) is 50.6 cm³/mol. The second-order valence-corrected chi connectivity index (χ2v) is 3.46. The predicted octanol–water partition coefficient (Wildman–Crippen LogP) is 1.91. The molecule has 1 aliphatic rings. The maximum absolute atomic E-state index is 5.47. The van der Waals surface area contributed by atoms with E-state index in [0.29, 0.717) is 12.7 Å². The third-order valence-corrected chi connectivity index (χ3v) is 2.06. The number of hydrogen-bond donors (Lipinski definition) is 0. The average Bonchev–Trinajstić information content (AvgIpc) is 2.88. The van der Waals surface area contributed by atoms with Crippen LogP contribution in [0.2, 0.25) is 0 Å². The zero-order chi connectivity index (χ0) is 9.10. The Morgan fingerprint density at radius 2 is 2.38 bits per heavy atom. The topological polar surface area (TPSA) is 21.8 Å². The lowest BCUT2D eigenvalue weighted by atomic mass is 10.1. The van der Waals surface area contributed by atoms with Crippen molar-refractivity contribution < 1.29 is 9.47 Å². The van der Waals surface area contributed by atoms with E-state index in [1.54, 1.807) is 0 Å². The van der Waals surface area contributed by atoms with E-state index in [0.717, 1.165) is 13.2 Å². The van der Waals surface area contributed by atoms with Crippen molar-refractivity contribution >= 4 is 0 Å². The zero-order valence-electron chi connectivity index (χ0n) is 7.82. The summed E-state index contributed by atoms with van der Waals surface area (Å²) in [5.41, 5.74) is 2.52. The summed E-state index contributed by atoms with van der Waals surface area (Å²) in [4.78, 5) is 0. The Balaban J connectivity index is 1.79. The number of benzene rings is 1. The summed E-state index contributed by atoms with van der Waals surface area (Å²) in [6.07, 6.45) is 0.366. The van der Waals surface area contributed by atoms with Crippen molar-refractivity contribution in [3.63, 3.8) is 0 Å². The minimum Gasteiger partial charge on any atom is -0.374 e. The highest BCUT2D eigenvalue weighted by Crippen LogP contribution is 2.11. The molecule has 1 aliphatic heterocycles. The van der Waals surface area contributed by atoms with Crippen LogP contribution in [0.1, 0.15) is 11.1 Å². The van der Waals surface area contributed by atoms with Crippen LogP contribution in [0.5, 0.6) is 0 Å². The Labute approximate surface area is 78.5 Å². The van der Waals surface area contributed by atoms with Crippen LogP contribution in [0.4, 0.5) is 0 Å². The largest absolute Gasteiger partial charge is 0.374 e. The molecule has 1 heterocycles. The van der Waals surface area contributed by atoms with Gasteiger partial charge in [0.25, 0.3) is 0 Å². The second kappa shape index (κ2) is 3.90. The Bertz CT molecular complexity index is 279. The lowest BCUT2D eigenvalue weighted by Crippen LogP contribution is -2.01. The van der Waals surface area contributed by atoms with E-state index in [1.165, 1.54) is 11.1 Å². The highest BCUT2D eigenvalue weighted by atomic mass is 16.6. The first kappa shape index (κ1) is 8.73. The minimum atomic E-state index is 0.366. The molecule has 0 radical (unpaired) electrons. The molecule has 1 atom stereocenters. The number of hydrogen-bond acceptors (Lipinski definition) is 2. The van der Waals surface area contributed by atoms with Crippen LogP contribution in [-0.2, 0) is 16.1 Å². The van der Waals surface area contributed by atoms with Crippen molar-refractivity contribution in [3.05, 3.63) is 35.4 Å². The van der Waals surface area contributed by atoms with Gasteiger partial charge in [-0.1, -0.05) is 29.8 Å². The molecule has 1 saturated heterocycles. The van der Waals surface area contributed by atoms with Gasteiger partial charge in [0.05, 0.1) is 19.8 Å². The van der Waals surface area contributed by atoms with E-state index < -0.39 is 0 Å². The Morgan fingerprint density at radius 1 is 1.54 bits per heavy atom. The molecule has 2 rings (SSSR count). The number of aryl methyl sites for hydroxylation is 1. The minimum absolute atomic E-state index is 0.366. The smallest absolute Gasteiger partial charge is 0.104 e. The summed E-state index contributed by atoms with van der Waals surface area (Å²) < 4.78 is 10.5. The van der Waals surface area contributed by atoms with Gasteiger partial charge in [-0.2, -0.15) is 0 Å². The highest BCUT2D eigenvalue weighted by molar-refractivity contribution is 5.21. The first-order valence-electron chi connectivity index (χ1n) is 4.59. The van der Waals surface area contributed by atoms with E-state index in [2.05, 4.69) is 31.2 Å². The van der Waals surface area contributed by atoms with Gasteiger partial charge in [-0.3, -0.25) is 0 Å². The summed E-state index contributed by atoms with van der Waals surface area (Å²) in [6, 6.07) is 8.38. The van der Waals surface area contributed by atoms with Gasteiger partial charge in [0.15, 0.2) is 0 Å². The van der Waals surface area contributed by atoms with E-state index in [9.17, 15) is 0 Å². The average molecular weight is 178 g/mol. The number of epoxide rings is 1. The van der Waals surface area contributed by atoms with Crippen molar-refractivity contribution in [1.29, 1.82) is 0 Å². The van der Waals surface area contributed by atoms with Gasteiger partial charge in [0, 0.05) is 0 Å². The van der Waals surface area contributed by atoms with Crippen LogP contribution < -0.4 is 0 Å². The molecule has 70 valence electrons. The van der Waals surface area contributed by atoms with Crippen molar-refractivity contribution in [3.8, 4) is 0 Å². The SMILES string of the molecule is Cc1cccc(COC[C@H]2CO2)c1. The quantitative estimate of drug-likeness (QED) is 0.657. The molecule has 0 spiro atoms. The second-order valence-electron chi connectivity index (χ2n) is 3.46. The third kappa shape index (κ3) is 2.83. The summed E-state index contributed by atoms with van der Waals surface area (Å²) in [7, 11) is 0. The summed E-state index contributed by atoms with van der Waals surface area (Å²) in [5, 5.41) is 0. The normalized spacial score (nSPS) is 20.2. The fraction of sp³-hybridized carbons (Fsp3) is 0.455. The summed E-state index contributed by atoms with van der Waals surface area (Å²) in [5.74, 6) is 0. The van der Waals surface area contributed by atoms with Crippen molar-refractivity contribution in [2.45, 2.75) is 19.6 Å². The zero-order valence-corrected chi connectivity index (χ0v) is 7.82. The maximum Gasteiger partial charge on any atom is 0.104 e. The molecular weight excluding hydrogens is 164 g/mol. The molecule has 0 amide bonds. The lowest BCUT2D eigenvalue weighted by Gasteiger charge is -2.02. The van der Waals surface area contributed by atoms with Crippen LogP contribution in [0.3, 0.4) is 0 Å². The molecule has 1 aromatic rings. The van der Waals surface area contributed by atoms with Gasteiger partial charge >= 0.3 is 0 Å². The van der Waals surface area contributed by atoms with Crippen molar-refractivity contribution in [1.82, 2.24) is 0 Å². The molecule has 2 nitrogen and oxygen atoms in total. The first-order valence-corrected chi connectivity index (χ1v) is 4.59. The molecule has 0 bridgehead atoms. The molecule has 13 heavy (non-hydrogen) atoms. The van der Waals surface area contributed by atoms with Crippen LogP contribution in [0, 0.1) is 6.92 Å². The number of rotatable bonds is 4. The third-order valence-electron chi connectivity index (χ3n) is 2.06. The maximum atomic E-state index is 5.47. The molecule has 1 aromatic carbocycles. The van der Waals surface area contributed by atoms with Crippen LogP contribution in [-0.4, -0.2) is 19.3 Å². The monoisotopic (exact) mass is 178 g/mol. The summed E-state index contributed by atoms with van der Waals surface area (Å²) in [6.45, 7) is 4.39. The Hall–Kier alpha value is -0.860. The van der Waals surface area contributed by atoms with Crippen LogP contribution in [0.15, 0.2) is 24.3 Å². The number of ether oxygens (including phenoxy) is 2. The molecule has 2 heteroatoms. The molecular formula is C11H14O2. The molecule has 0 N–H and O–H groups in total. The molecule has 0 aromatic heterocycles. The lowest BCUT2D eigenvalue weighted by molar-refractivity contribution is 0.104. The van der Waals surface area contributed by atoms with Gasteiger partial charge in [-0.05, 0) is 12.5 Å². The molecule has 0 aliphatic carbocycles. The van der Waals surface area contributed by atoms with Crippen molar-refractivity contribution in [2.75, 3.05) is 13.2 Å².